The largest absolute Gasteiger partial charge is 0.497 e. The molecule has 0 saturated carbocycles. The van der Waals surface area contributed by atoms with Crippen LogP contribution in [0.15, 0.2) is 53.6 Å². The van der Waals surface area contributed by atoms with Gasteiger partial charge in [-0.15, -0.1) is 0 Å². The lowest BCUT2D eigenvalue weighted by molar-refractivity contribution is -0.137. The van der Waals surface area contributed by atoms with Crippen LogP contribution >= 0.6 is 0 Å². The predicted molar refractivity (Wildman–Crippen MR) is 79.5 cm³/mol. The van der Waals surface area contributed by atoms with E-state index in [1.165, 1.54) is 25.5 Å². The molecule has 2 aromatic rings. The van der Waals surface area contributed by atoms with E-state index in [2.05, 4.69) is 10.5 Å². The van der Waals surface area contributed by atoms with Crippen molar-refractivity contribution < 1.29 is 22.7 Å². The molecule has 0 aliphatic rings. The zero-order valence-electron chi connectivity index (χ0n) is 12.1. The van der Waals surface area contributed by atoms with Crippen molar-refractivity contribution in [2.75, 3.05) is 7.11 Å². The maximum atomic E-state index is 12.4. The molecule has 0 saturated heterocycles. The highest BCUT2D eigenvalue weighted by atomic mass is 19.4. The van der Waals surface area contributed by atoms with E-state index in [1.807, 2.05) is 0 Å². The molecule has 0 bridgehead atoms. The minimum atomic E-state index is -4.38. The van der Waals surface area contributed by atoms with Crippen molar-refractivity contribution in [3.05, 3.63) is 65.2 Å². The lowest BCUT2D eigenvalue weighted by Gasteiger charge is -2.05. The van der Waals surface area contributed by atoms with Crippen molar-refractivity contribution in [2.45, 2.75) is 6.18 Å². The molecule has 7 heteroatoms. The fraction of sp³-hybridized carbons (Fsp3) is 0.125. The molecule has 0 aromatic heterocycles. The number of hydrazone groups is 1. The van der Waals surface area contributed by atoms with Gasteiger partial charge < -0.3 is 4.74 Å². The van der Waals surface area contributed by atoms with Crippen molar-refractivity contribution in [1.82, 2.24) is 5.43 Å². The van der Waals surface area contributed by atoms with Gasteiger partial charge in [-0.2, -0.15) is 18.3 Å². The lowest BCUT2D eigenvalue weighted by Crippen LogP contribution is -2.17. The number of carbonyl (C=O) groups is 1. The molecule has 0 unspecified atom stereocenters. The number of ether oxygens (including phenoxy) is 1. The second-order valence-corrected chi connectivity index (χ2v) is 4.55. The van der Waals surface area contributed by atoms with Crippen LogP contribution in [-0.2, 0) is 6.18 Å². The summed E-state index contributed by atoms with van der Waals surface area (Å²) in [6.07, 6.45) is -3.12. The van der Waals surface area contributed by atoms with Gasteiger partial charge in [0.1, 0.15) is 5.75 Å². The second-order valence-electron chi connectivity index (χ2n) is 4.55. The zero-order chi connectivity index (χ0) is 16.9. The molecule has 120 valence electrons. The zero-order valence-corrected chi connectivity index (χ0v) is 12.1. The third-order valence-electron chi connectivity index (χ3n) is 2.95. The van der Waals surface area contributed by atoms with E-state index in [-0.39, 0.29) is 0 Å². The van der Waals surface area contributed by atoms with Crippen LogP contribution in [0.3, 0.4) is 0 Å². The van der Waals surface area contributed by atoms with E-state index in [0.717, 1.165) is 12.1 Å². The summed E-state index contributed by atoms with van der Waals surface area (Å²) in [5.41, 5.74) is 2.35. The molecule has 0 heterocycles. The molecule has 2 aromatic carbocycles. The fourth-order valence-corrected chi connectivity index (χ4v) is 1.75. The summed E-state index contributed by atoms with van der Waals surface area (Å²) >= 11 is 0. The van der Waals surface area contributed by atoms with Crippen LogP contribution in [0.5, 0.6) is 5.75 Å². The number of carbonyl (C=O) groups excluding carboxylic acids is 1. The Morgan fingerprint density at radius 3 is 2.48 bits per heavy atom. The Kier molecular flexibility index (Phi) is 5.00. The smallest absolute Gasteiger partial charge is 0.416 e. The third-order valence-corrected chi connectivity index (χ3v) is 2.95. The van der Waals surface area contributed by atoms with Crippen molar-refractivity contribution in [3.8, 4) is 5.75 Å². The van der Waals surface area contributed by atoms with E-state index < -0.39 is 17.6 Å². The Balaban J connectivity index is 1.99. The van der Waals surface area contributed by atoms with Gasteiger partial charge in [0, 0.05) is 5.56 Å². The van der Waals surface area contributed by atoms with Crippen LogP contribution in [0.4, 0.5) is 13.2 Å². The predicted octanol–water partition coefficient (Wildman–Crippen LogP) is 3.48. The number of alkyl halides is 3. The highest BCUT2D eigenvalue weighted by molar-refractivity contribution is 5.95. The first-order valence-electron chi connectivity index (χ1n) is 6.55. The second kappa shape index (κ2) is 6.95. The molecular formula is C16H13F3N2O2. The van der Waals surface area contributed by atoms with Gasteiger partial charge in [-0.3, -0.25) is 4.79 Å². The van der Waals surface area contributed by atoms with Crippen LogP contribution in [-0.4, -0.2) is 19.2 Å². The molecule has 1 amide bonds. The molecule has 23 heavy (non-hydrogen) atoms. The highest BCUT2D eigenvalue weighted by Crippen LogP contribution is 2.28. The number of hydrogen-bond acceptors (Lipinski definition) is 3. The summed E-state index contributed by atoms with van der Waals surface area (Å²) < 4.78 is 42.3. The number of nitrogens with zero attached hydrogens (tertiary/aromatic N) is 1. The van der Waals surface area contributed by atoms with Crippen molar-refractivity contribution >= 4 is 12.1 Å². The van der Waals surface area contributed by atoms with Gasteiger partial charge in [-0.1, -0.05) is 18.2 Å². The average Bonchev–Trinajstić information content (AvgIpc) is 2.54. The molecule has 0 aliphatic heterocycles. The van der Waals surface area contributed by atoms with Crippen LogP contribution < -0.4 is 10.2 Å². The summed E-state index contributed by atoms with van der Waals surface area (Å²) in [5, 5.41) is 3.72. The molecule has 2 rings (SSSR count). The Labute approximate surface area is 130 Å². The van der Waals surface area contributed by atoms with Gasteiger partial charge in [-0.05, 0) is 35.9 Å². The molecular weight excluding hydrogens is 309 g/mol. The van der Waals surface area contributed by atoms with E-state index in [0.29, 0.717) is 16.9 Å². The van der Waals surface area contributed by atoms with Gasteiger partial charge in [0.05, 0.1) is 18.9 Å². The van der Waals surface area contributed by atoms with Crippen molar-refractivity contribution in [2.24, 2.45) is 5.10 Å². The SMILES string of the molecule is COc1cccc(C(=O)N/N=C/c2ccc(C(F)(F)F)cc2)c1. The topological polar surface area (TPSA) is 50.7 Å². The Bertz CT molecular complexity index is 710. The van der Waals surface area contributed by atoms with E-state index in [9.17, 15) is 18.0 Å². The van der Waals surface area contributed by atoms with E-state index in [1.54, 1.807) is 24.3 Å². The standard InChI is InChI=1S/C16H13F3N2O2/c1-23-14-4-2-3-12(9-14)15(22)21-20-10-11-5-7-13(8-6-11)16(17,18)19/h2-10H,1H3,(H,21,22)/b20-10+. The molecule has 0 spiro atoms. The van der Waals surface area contributed by atoms with Crippen LogP contribution in [0.1, 0.15) is 21.5 Å². The Morgan fingerprint density at radius 1 is 1.17 bits per heavy atom. The number of halogens is 3. The minimum absolute atomic E-state index is 0.355. The molecule has 0 aliphatic carbocycles. The average molecular weight is 322 g/mol. The van der Waals surface area contributed by atoms with E-state index >= 15 is 0 Å². The first-order valence-corrected chi connectivity index (χ1v) is 6.55. The van der Waals surface area contributed by atoms with Crippen LogP contribution in [0, 0.1) is 0 Å². The monoisotopic (exact) mass is 322 g/mol. The molecule has 4 nitrogen and oxygen atoms in total. The normalized spacial score (nSPS) is 11.5. The number of nitrogens with one attached hydrogen (secondary N) is 1. The summed E-state index contributed by atoms with van der Waals surface area (Å²) in [6.45, 7) is 0. The summed E-state index contributed by atoms with van der Waals surface area (Å²) in [5.74, 6) is 0.0800. The Hall–Kier alpha value is -2.83. The summed E-state index contributed by atoms with van der Waals surface area (Å²) in [6, 6.07) is 10.9. The highest BCUT2D eigenvalue weighted by Gasteiger charge is 2.29. The molecule has 0 fully saturated rings. The maximum absolute atomic E-state index is 12.4. The quantitative estimate of drug-likeness (QED) is 0.692. The number of amides is 1. The fourth-order valence-electron chi connectivity index (χ4n) is 1.75. The number of methoxy groups -OCH3 is 1. The van der Waals surface area contributed by atoms with Gasteiger partial charge >= 0.3 is 6.18 Å². The molecule has 0 atom stereocenters. The van der Waals surface area contributed by atoms with Gasteiger partial charge in [0.25, 0.3) is 5.91 Å². The molecule has 0 radical (unpaired) electrons. The number of hydrogen-bond donors (Lipinski definition) is 1. The van der Waals surface area contributed by atoms with Crippen LogP contribution in [0.25, 0.3) is 0 Å². The summed E-state index contributed by atoms with van der Waals surface area (Å²) in [7, 11) is 1.49. The Morgan fingerprint density at radius 2 is 1.87 bits per heavy atom. The first kappa shape index (κ1) is 16.5. The minimum Gasteiger partial charge on any atom is -0.497 e. The van der Waals surface area contributed by atoms with Gasteiger partial charge in [0.15, 0.2) is 0 Å². The lowest BCUT2D eigenvalue weighted by atomic mass is 10.1. The van der Waals surface area contributed by atoms with Crippen molar-refractivity contribution in [1.29, 1.82) is 0 Å². The summed E-state index contributed by atoms with van der Waals surface area (Å²) in [4.78, 5) is 11.9. The molecule has 1 N–H and O–H groups in total. The first-order chi connectivity index (χ1) is 10.9. The maximum Gasteiger partial charge on any atom is 0.416 e. The number of rotatable bonds is 4. The van der Waals surface area contributed by atoms with Crippen molar-refractivity contribution in [3.63, 3.8) is 0 Å². The van der Waals surface area contributed by atoms with Gasteiger partial charge in [-0.25, -0.2) is 5.43 Å². The van der Waals surface area contributed by atoms with Crippen LogP contribution in [0.2, 0.25) is 0 Å². The number of benzene rings is 2. The third kappa shape index (κ3) is 4.57. The van der Waals surface area contributed by atoms with Gasteiger partial charge in [0.2, 0.25) is 0 Å². The van der Waals surface area contributed by atoms with E-state index in [4.69, 9.17) is 4.74 Å².